The van der Waals surface area contributed by atoms with Gasteiger partial charge in [-0.2, -0.15) is 0 Å². The summed E-state index contributed by atoms with van der Waals surface area (Å²) in [7, 11) is -2.29. The van der Waals surface area contributed by atoms with Crippen molar-refractivity contribution in [3.8, 4) is 22.9 Å². The van der Waals surface area contributed by atoms with Gasteiger partial charge < -0.3 is 9.47 Å². The third-order valence-corrected chi connectivity index (χ3v) is 5.32. The Morgan fingerprint density at radius 2 is 1.97 bits per heavy atom. The summed E-state index contributed by atoms with van der Waals surface area (Å²) in [4.78, 5) is 15.1. The summed E-state index contributed by atoms with van der Waals surface area (Å²) < 4.78 is 35.9. The van der Waals surface area contributed by atoms with Crippen LogP contribution in [0.3, 0.4) is 0 Å². The van der Waals surface area contributed by atoms with Gasteiger partial charge in [0.05, 0.1) is 18.3 Å². The van der Waals surface area contributed by atoms with Gasteiger partial charge in [0.2, 0.25) is 15.8 Å². The summed E-state index contributed by atoms with van der Waals surface area (Å²) >= 11 is 0. The van der Waals surface area contributed by atoms with Gasteiger partial charge in [-0.25, -0.2) is 17.4 Å². The molecule has 0 radical (unpaired) electrons. The lowest BCUT2D eigenvalue weighted by molar-refractivity contribution is -0.386. The molecule has 0 aliphatic rings. The zero-order valence-corrected chi connectivity index (χ0v) is 16.8. The summed E-state index contributed by atoms with van der Waals surface area (Å²) in [6.45, 7) is 2.03. The number of imidazole rings is 1. The van der Waals surface area contributed by atoms with Gasteiger partial charge in [0.1, 0.15) is 6.61 Å². The SMILES string of the molecule is COc1cc(-c2nccn2S(C)(=O)=O)cc([N+](=O)[O-])c1OCc1ccccc1C. The van der Waals surface area contributed by atoms with E-state index in [2.05, 4.69) is 4.98 Å². The molecule has 10 heteroatoms. The molecule has 1 aromatic heterocycles. The van der Waals surface area contributed by atoms with E-state index >= 15 is 0 Å². The molecule has 0 amide bonds. The van der Waals surface area contributed by atoms with E-state index < -0.39 is 14.9 Å². The summed E-state index contributed by atoms with van der Waals surface area (Å²) in [5, 5.41) is 11.7. The molecule has 0 atom stereocenters. The van der Waals surface area contributed by atoms with Crippen molar-refractivity contribution in [3.63, 3.8) is 0 Å². The summed E-state index contributed by atoms with van der Waals surface area (Å²) in [6.07, 6.45) is 3.59. The van der Waals surface area contributed by atoms with Crippen LogP contribution in [0.15, 0.2) is 48.8 Å². The van der Waals surface area contributed by atoms with E-state index in [4.69, 9.17) is 9.47 Å². The highest BCUT2D eigenvalue weighted by Crippen LogP contribution is 2.41. The van der Waals surface area contributed by atoms with E-state index in [0.717, 1.165) is 21.4 Å². The van der Waals surface area contributed by atoms with Crippen LogP contribution in [0.2, 0.25) is 0 Å². The monoisotopic (exact) mass is 417 g/mol. The maximum atomic E-state index is 12.0. The van der Waals surface area contributed by atoms with Gasteiger partial charge in [0.25, 0.3) is 0 Å². The highest BCUT2D eigenvalue weighted by atomic mass is 32.2. The van der Waals surface area contributed by atoms with Crippen molar-refractivity contribution in [2.75, 3.05) is 13.4 Å². The average Bonchev–Trinajstić information content (AvgIpc) is 3.17. The molecule has 152 valence electrons. The standard InChI is InChI=1S/C19H19N3O6S/c1-13-6-4-5-7-14(13)12-28-18-16(22(23)24)10-15(11-17(18)27-2)19-20-8-9-21(19)29(3,25)26/h4-11H,12H2,1-3H3. The fourth-order valence-electron chi connectivity index (χ4n) is 2.83. The van der Waals surface area contributed by atoms with Gasteiger partial charge in [-0.05, 0) is 24.1 Å². The Labute approximate surface area is 167 Å². The second kappa shape index (κ2) is 7.92. The topological polar surface area (TPSA) is 114 Å². The molecule has 3 rings (SSSR count). The first-order chi connectivity index (χ1) is 13.7. The highest BCUT2D eigenvalue weighted by Gasteiger charge is 2.25. The Balaban J connectivity index is 2.08. The minimum absolute atomic E-state index is 0.0398. The molecular weight excluding hydrogens is 398 g/mol. The van der Waals surface area contributed by atoms with Crippen molar-refractivity contribution in [2.45, 2.75) is 13.5 Å². The minimum atomic E-state index is -3.64. The molecule has 2 aromatic carbocycles. The number of nitrogens with zero attached hydrogens (tertiary/aromatic N) is 3. The van der Waals surface area contributed by atoms with Gasteiger partial charge in [0, 0.05) is 24.0 Å². The first-order valence-corrected chi connectivity index (χ1v) is 10.3. The third kappa shape index (κ3) is 4.21. The molecule has 9 nitrogen and oxygen atoms in total. The van der Waals surface area contributed by atoms with Crippen LogP contribution in [0, 0.1) is 17.0 Å². The molecule has 0 saturated carbocycles. The Morgan fingerprint density at radius 3 is 2.59 bits per heavy atom. The molecule has 0 aliphatic heterocycles. The van der Waals surface area contributed by atoms with E-state index in [1.54, 1.807) is 0 Å². The van der Waals surface area contributed by atoms with Crippen LogP contribution in [0.1, 0.15) is 11.1 Å². The maximum absolute atomic E-state index is 12.0. The smallest absolute Gasteiger partial charge is 0.315 e. The zero-order valence-electron chi connectivity index (χ0n) is 16.0. The van der Waals surface area contributed by atoms with Crippen LogP contribution < -0.4 is 9.47 Å². The van der Waals surface area contributed by atoms with Crippen LogP contribution >= 0.6 is 0 Å². The number of nitro benzene ring substituents is 1. The van der Waals surface area contributed by atoms with Crippen LogP contribution in [-0.4, -0.2) is 35.7 Å². The van der Waals surface area contributed by atoms with Crippen molar-refractivity contribution in [1.82, 2.24) is 8.96 Å². The number of hydrogen-bond acceptors (Lipinski definition) is 7. The van der Waals surface area contributed by atoms with Gasteiger partial charge >= 0.3 is 5.69 Å². The second-order valence-electron chi connectivity index (χ2n) is 6.31. The third-order valence-electron chi connectivity index (χ3n) is 4.31. The van der Waals surface area contributed by atoms with E-state index in [1.165, 1.54) is 31.6 Å². The van der Waals surface area contributed by atoms with Crippen LogP contribution in [0.5, 0.6) is 11.5 Å². The van der Waals surface area contributed by atoms with Crippen molar-refractivity contribution in [2.24, 2.45) is 0 Å². The number of nitro groups is 1. The first kappa shape index (κ1) is 20.3. The number of aromatic nitrogens is 2. The van der Waals surface area contributed by atoms with Gasteiger partial charge in [-0.3, -0.25) is 10.1 Å². The molecule has 0 aliphatic carbocycles. The molecule has 0 N–H and O–H groups in total. The second-order valence-corrected chi connectivity index (χ2v) is 8.17. The predicted molar refractivity (Wildman–Crippen MR) is 107 cm³/mol. The molecule has 0 spiro atoms. The fourth-order valence-corrected chi connectivity index (χ4v) is 3.57. The lowest BCUT2D eigenvalue weighted by Crippen LogP contribution is -2.11. The van der Waals surface area contributed by atoms with E-state index in [0.29, 0.717) is 0 Å². The summed E-state index contributed by atoms with van der Waals surface area (Å²) in [5.74, 6) is 0.104. The molecule has 0 bridgehead atoms. The number of benzene rings is 2. The Bertz CT molecular complexity index is 1170. The van der Waals surface area contributed by atoms with E-state index in [1.807, 2.05) is 31.2 Å². The van der Waals surface area contributed by atoms with Crippen molar-refractivity contribution in [3.05, 3.63) is 70.0 Å². The van der Waals surface area contributed by atoms with E-state index in [9.17, 15) is 18.5 Å². The maximum Gasteiger partial charge on any atom is 0.315 e. The van der Waals surface area contributed by atoms with Crippen molar-refractivity contribution >= 4 is 15.7 Å². The Kier molecular flexibility index (Phi) is 5.55. The molecule has 0 saturated heterocycles. The van der Waals surface area contributed by atoms with Gasteiger partial charge in [-0.1, -0.05) is 24.3 Å². The number of methoxy groups -OCH3 is 1. The Morgan fingerprint density at radius 1 is 1.24 bits per heavy atom. The predicted octanol–water partition coefficient (Wildman–Crippen LogP) is 3.16. The molecule has 3 aromatic rings. The number of aryl methyl sites for hydroxylation is 1. The first-order valence-electron chi connectivity index (χ1n) is 8.50. The zero-order chi connectivity index (χ0) is 21.2. The van der Waals surface area contributed by atoms with Crippen LogP contribution in [0.25, 0.3) is 11.4 Å². The molecule has 1 heterocycles. The minimum Gasteiger partial charge on any atom is -0.493 e. The van der Waals surface area contributed by atoms with Gasteiger partial charge in [0.15, 0.2) is 11.6 Å². The molecule has 0 fully saturated rings. The van der Waals surface area contributed by atoms with Crippen molar-refractivity contribution < 1.29 is 22.8 Å². The van der Waals surface area contributed by atoms with Crippen molar-refractivity contribution in [1.29, 1.82) is 0 Å². The molecule has 29 heavy (non-hydrogen) atoms. The fraction of sp³-hybridized carbons (Fsp3) is 0.211. The Hall–Kier alpha value is -3.40. The number of rotatable bonds is 7. The number of hydrogen-bond donors (Lipinski definition) is 0. The van der Waals surface area contributed by atoms with Crippen LogP contribution in [0.4, 0.5) is 5.69 Å². The lowest BCUT2D eigenvalue weighted by atomic mass is 10.1. The summed E-state index contributed by atoms with van der Waals surface area (Å²) in [5.41, 5.74) is 1.73. The normalized spacial score (nSPS) is 11.3. The number of ether oxygens (including phenoxy) is 2. The average molecular weight is 417 g/mol. The van der Waals surface area contributed by atoms with Gasteiger partial charge in [-0.15, -0.1) is 0 Å². The molecule has 0 unspecified atom stereocenters. The summed E-state index contributed by atoms with van der Waals surface area (Å²) in [6, 6.07) is 10.2. The highest BCUT2D eigenvalue weighted by molar-refractivity contribution is 7.89. The van der Waals surface area contributed by atoms with E-state index in [-0.39, 0.29) is 35.2 Å². The molecular formula is C19H19N3O6S. The quantitative estimate of drug-likeness (QED) is 0.428. The lowest BCUT2D eigenvalue weighted by Gasteiger charge is -2.14. The largest absolute Gasteiger partial charge is 0.493 e. The van der Waals surface area contributed by atoms with Crippen LogP contribution in [-0.2, 0) is 16.6 Å².